The zero-order chi connectivity index (χ0) is 7.56. The molecular weight excluding hydrogens is 132 g/mol. The molecule has 4 heteroatoms. The van der Waals surface area contributed by atoms with Crippen LogP contribution in [-0.4, -0.2) is 12.1 Å². The predicted octanol–water partition coefficient (Wildman–Crippen LogP) is 0.376. The molecule has 0 aliphatic carbocycles. The fourth-order valence-corrected chi connectivity index (χ4v) is 0.563. The minimum atomic E-state index is -0.617. The second kappa shape index (κ2) is 2.34. The Morgan fingerprint density at radius 3 is 2.70 bits per heavy atom. The van der Waals surface area contributed by atoms with Gasteiger partial charge in [-0.3, -0.25) is 4.79 Å². The standard InChI is InChI=1S/C6H6N2O2/c7-3-4-1-2-5(10-4)6(8)9/h1-3,7H,(H2,8,9). The van der Waals surface area contributed by atoms with Crippen LogP contribution in [0.4, 0.5) is 0 Å². The lowest BCUT2D eigenvalue weighted by Gasteiger charge is -1.83. The summed E-state index contributed by atoms with van der Waals surface area (Å²) in [7, 11) is 0. The van der Waals surface area contributed by atoms with Gasteiger partial charge in [-0.2, -0.15) is 0 Å². The summed E-state index contributed by atoms with van der Waals surface area (Å²) in [5, 5.41) is 6.73. The monoisotopic (exact) mass is 138 g/mol. The number of carbonyl (C=O) groups is 1. The Labute approximate surface area is 57.1 Å². The van der Waals surface area contributed by atoms with Gasteiger partial charge in [0.25, 0.3) is 5.91 Å². The second-order valence-corrected chi connectivity index (χ2v) is 1.71. The van der Waals surface area contributed by atoms with Crippen molar-refractivity contribution in [3.63, 3.8) is 0 Å². The lowest BCUT2D eigenvalue weighted by atomic mass is 10.4. The van der Waals surface area contributed by atoms with Crippen LogP contribution in [0.25, 0.3) is 0 Å². The fraction of sp³-hybridized carbons (Fsp3) is 0. The smallest absolute Gasteiger partial charge is 0.284 e. The Morgan fingerprint density at radius 2 is 2.40 bits per heavy atom. The zero-order valence-corrected chi connectivity index (χ0v) is 5.13. The average molecular weight is 138 g/mol. The van der Waals surface area contributed by atoms with Crippen molar-refractivity contribution in [2.24, 2.45) is 5.73 Å². The van der Waals surface area contributed by atoms with Crippen LogP contribution in [0.5, 0.6) is 0 Å². The minimum Gasteiger partial charge on any atom is -0.450 e. The highest BCUT2D eigenvalue weighted by Gasteiger charge is 2.03. The molecule has 3 N–H and O–H groups in total. The van der Waals surface area contributed by atoms with Gasteiger partial charge in [0.15, 0.2) is 5.76 Å². The first-order valence-electron chi connectivity index (χ1n) is 2.64. The normalized spacial score (nSPS) is 9.20. The Kier molecular flexibility index (Phi) is 1.53. The van der Waals surface area contributed by atoms with Gasteiger partial charge >= 0.3 is 0 Å². The molecule has 0 aromatic carbocycles. The number of rotatable bonds is 2. The number of furan rings is 1. The molecule has 0 spiro atoms. The molecule has 1 heterocycles. The van der Waals surface area contributed by atoms with Gasteiger partial charge in [-0.15, -0.1) is 0 Å². The van der Waals surface area contributed by atoms with E-state index in [0.717, 1.165) is 6.21 Å². The van der Waals surface area contributed by atoms with Gasteiger partial charge in [0, 0.05) is 0 Å². The van der Waals surface area contributed by atoms with Gasteiger partial charge in [-0.1, -0.05) is 0 Å². The van der Waals surface area contributed by atoms with E-state index in [9.17, 15) is 4.79 Å². The van der Waals surface area contributed by atoms with E-state index in [1.165, 1.54) is 12.1 Å². The van der Waals surface area contributed by atoms with E-state index < -0.39 is 5.91 Å². The number of hydrogen-bond donors (Lipinski definition) is 2. The highest BCUT2D eigenvalue weighted by molar-refractivity contribution is 5.90. The van der Waals surface area contributed by atoms with Crippen LogP contribution >= 0.6 is 0 Å². The molecule has 0 fully saturated rings. The van der Waals surface area contributed by atoms with E-state index in [1.807, 2.05) is 0 Å². The predicted molar refractivity (Wildman–Crippen MR) is 35.1 cm³/mol. The molecule has 0 aliphatic heterocycles. The summed E-state index contributed by atoms with van der Waals surface area (Å²) in [5.41, 5.74) is 4.87. The van der Waals surface area contributed by atoms with E-state index in [0.29, 0.717) is 5.76 Å². The maximum atomic E-state index is 10.4. The van der Waals surface area contributed by atoms with Crippen molar-refractivity contribution < 1.29 is 9.21 Å². The maximum absolute atomic E-state index is 10.4. The molecule has 0 atom stereocenters. The quantitative estimate of drug-likeness (QED) is 0.579. The van der Waals surface area contributed by atoms with Gasteiger partial charge in [0.1, 0.15) is 5.76 Å². The molecule has 52 valence electrons. The number of amides is 1. The van der Waals surface area contributed by atoms with E-state index in [4.69, 9.17) is 15.6 Å². The summed E-state index contributed by atoms with van der Waals surface area (Å²) in [6, 6.07) is 2.94. The number of nitrogens with one attached hydrogen (secondary N) is 1. The van der Waals surface area contributed by atoms with Crippen molar-refractivity contribution in [1.29, 1.82) is 5.41 Å². The molecule has 10 heavy (non-hydrogen) atoms. The summed E-state index contributed by atoms with van der Waals surface area (Å²) in [4.78, 5) is 10.4. The topological polar surface area (TPSA) is 80.1 Å². The number of nitrogens with two attached hydrogens (primary N) is 1. The van der Waals surface area contributed by atoms with Gasteiger partial charge in [-0.05, 0) is 12.1 Å². The molecule has 1 rings (SSSR count). The Balaban J connectivity index is 2.98. The number of carbonyl (C=O) groups excluding carboxylic acids is 1. The Bertz CT molecular complexity index is 264. The van der Waals surface area contributed by atoms with E-state index >= 15 is 0 Å². The summed E-state index contributed by atoms with van der Waals surface area (Å²) in [5.74, 6) is -0.208. The van der Waals surface area contributed by atoms with Crippen molar-refractivity contribution in [3.8, 4) is 0 Å². The van der Waals surface area contributed by atoms with Crippen LogP contribution in [0, 0.1) is 5.41 Å². The second-order valence-electron chi connectivity index (χ2n) is 1.71. The lowest BCUT2D eigenvalue weighted by Crippen LogP contribution is -2.09. The zero-order valence-electron chi connectivity index (χ0n) is 5.13. The minimum absolute atomic E-state index is 0.0819. The Morgan fingerprint density at radius 1 is 1.70 bits per heavy atom. The maximum Gasteiger partial charge on any atom is 0.284 e. The average Bonchev–Trinajstić information content (AvgIpc) is 2.34. The van der Waals surface area contributed by atoms with Gasteiger partial charge in [0.05, 0.1) is 6.21 Å². The first-order valence-corrected chi connectivity index (χ1v) is 2.64. The first kappa shape index (κ1) is 6.54. The van der Waals surface area contributed by atoms with Crippen LogP contribution in [0.3, 0.4) is 0 Å². The van der Waals surface area contributed by atoms with Crippen molar-refractivity contribution in [1.82, 2.24) is 0 Å². The van der Waals surface area contributed by atoms with Crippen molar-refractivity contribution in [3.05, 3.63) is 23.7 Å². The molecule has 0 saturated carbocycles. The molecule has 0 radical (unpaired) electrons. The third kappa shape index (κ3) is 1.05. The van der Waals surface area contributed by atoms with Crippen molar-refractivity contribution in [2.75, 3.05) is 0 Å². The summed E-state index contributed by atoms with van der Waals surface area (Å²) < 4.78 is 4.78. The summed E-state index contributed by atoms with van der Waals surface area (Å²) >= 11 is 0. The molecule has 1 aromatic rings. The van der Waals surface area contributed by atoms with E-state index in [2.05, 4.69) is 0 Å². The molecule has 1 aromatic heterocycles. The molecular formula is C6H6N2O2. The van der Waals surface area contributed by atoms with Crippen LogP contribution in [0.2, 0.25) is 0 Å². The highest BCUT2D eigenvalue weighted by Crippen LogP contribution is 2.03. The molecule has 4 nitrogen and oxygen atoms in total. The molecule has 0 aliphatic rings. The van der Waals surface area contributed by atoms with Crippen LogP contribution in [0.1, 0.15) is 16.3 Å². The number of primary amides is 1. The van der Waals surface area contributed by atoms with Crippen LogP contribution < -0.4 is 5.73 Å². The third-order valence-electron chi connectivity index (χ3n) is 1.01. The SMILES string of the molecule is N=Cc1ccc(C(N)=O)o1. The van der Waals surface area contributed by atoms with E-state index in [1.54, 1.807) is 0 Å². The molecule has 0 unspecified atom stereocenters. The van der Waals surface area contributed by atoms with Gasteiger partial charge in [0.2, 0.25) is 0 Å². The fourth-order valence-electron chi connectivity index (χ4n) is 0.563. The van der Waals surface area contributed by atoms with Crippen molar-refractivity contribution >= 4 is 12.1 Å². The largest absolute Gasteiger partial charge is 0.450 e. The van der Waals surface area contributed by atoms with Gasteiger partial charge < -0.3 is 15.6 Å². The first-order chi connectivity index (χ1) is 4.74. The summed E-state index contributed by atoms with van der Waals surface area (Å²) in [6.07, 6.45) is 1.01. The van der Waals surface area contributed by atoms with E-state index in [-0.39, 0.29) is 5.76 Å². The Hall–Kier alpha value is -1.58. The summed E-state index contributed by atoms with van der Waals surface area (Å²) in [6.45, 7) is 0. The lowest BCUT2D eigenvalue weighted by molar-refractivity contribution is 0.0973. The van der Waals surface area contributed by atoms with Crippen molar-refractivity contribution in [2.45, 2.75) is 0 Å². The van der Waals surface area contributed by atoms with Crippen LogP contribution in [-0.2, 0) is 0 Å². The molecule has 0 bridgehead atoms. The van der Waals surface area contributed by atoms with Gasteiger partial charge in [-0.25, -0.2) is 0 Å². The van der Waals surface area contributed by atoms with Crippen LogP contribution in [0.15, 0.2) is 16.5 Å². The third-order valence-corrected chi connectivity index (χ3v) is 1.01. The molecule has 1 amide bonds. The number of hydrogen-bond acceptors (Lipinski definition) is 3. The molecule has 0 saturated heterocycles. The highest BCUT2D eigenvalue weighted by atomic mass is 16.3.